The normalized spacial score (nSPS) is 13.7. The number of halogens is 3. The van der Waals surface area contributed by atoms with Crippen molar-refractivity contribution in [1.29, 1.82) is 0 Å². The van der Waals surface area contributed by atoms with Gasteiger partial charge in [0.1, 0.15) is 0 Å². The molecule has 1 rings (SSSR count). The third-order valence-corrected chi connectivity index (χ3v) is 1.85. The minimum atomic E-state index is -4.26. The van der Waals surface area contributed by atoms with Crippen LogP contribution in [0, 0.1) is 0 Å². The molecule has 1 heterocycles. The number of aromatic nitrogens is 1. The zero-order chi connectivity index (χ0) is 11.5. The number of hydrogen-bond acceptors (Lipinski definition) is 3. The lowest BCUT2D eigenvalue weighted by Crippen LogP contribution is -2.20. The monoisotopic (exact) mass is 220 g/mol. The van der Waals surface area contributed by atoms with Crippen molar-refractivity contribution >= 4 is 0 Å². The Morgan fingerprint density at radius 3 is 2.53 bits per heavy atom. The quantitative estimate of drug-likeness (QED) is 0.847. The van der Waals surface area contributed by atoms with E-state index in [2.05, 4.69) is 4.98 Å². The van der Waals surface area contributed by atoms with Crippen molar-refractivity contribution in [2.45, 2.75) is 18.6 Å². The van der Waals surface area contributed by atoms with Crippen molar-refractivity contribution < 1.29 is 17.9 Å². The van der Waals surface area contributed by atoms with Gasteiger partial charge in [0.05, 0.1) is 13.5 Å². The van der Waals surface area contributed by atoms with E-state index in [0.29, 0.717) is 11.4 Å². The van der Waals surface area contributed by atoms with Gasteiger partial charge in [-0.3, -0.25) is 0 Å². The second kappa shape index (κ2) is 4.48. The van der Waals surface area contributed by atoms with Crippen LogP contribution in [0.4, 0.5) is 13.2 Å². The Labute approximate surface area is 85.1 Å². The third-order valence-electron chi connectivity index (χ3n) is 1.85. The average Bonchev–Trinajstić information content (AvgIpc) is 2.15. The molecule has 15 heavy (non-hydrogen) atoms. The number of methoxy groups -OCH3 is 1. The molecule has 1 atom stereocenters. The van der Waals surface area contributed by atoms with Crippen LogP contribution < -0.4 is 10.5 Å². The van der Waals surface area contributed by atoms with Crippen molar-refractivity contribution in [3.05, 3.63) is 23.9 Å². The first-order valence-electron chi connectivity index (χ1n) is 4.24. The van der Waals surface area contributed by atoms with Gasteiger partial charge in [-0.1, -0.05) is 6.07 Å². The van der Waals surface area contributed by atoms with Crippen molar-refractivity contribution in [2.24, 2.45) is 5.73 Å². The van der Waals surface area contributed by atoms with Gasteiger partial charge in [0, 0.05) is 18.3 Å². The number of hydrogen-bond donors (Lipinski definition) is 1. The topological polar surface area (TPSA) is 48.1 Å². The van der Waals surface area contributed by atoms with Crippen LogP contribution in [0.1, 0.15) is 18.0 Å². The molecule has 0 amide bonds. The molecule has 0 saturated heterocycles. The van der Waals surface area contributed by atoms with Gasteiger partial charge in [0.25, 0.3) is 0 Å². The molecule has 0 fully saturated rings. The molecule has 0 unspecified atom stereocenters. The van der Waals surface area contributed by atoms with Gasteiger partial charge in [0.15, 0.2) is 0 Å². The zero-order valence-electron chi connectivity index (χ0n) is 8.08. The summed E-state index contributed by atoms with van der Waals surface area (Å²) >= 11 is 0. The van der Waals surface area contributed by atoms with Crippen LogP contribution in [0.5, 0.6) is 5.88 Å². The lowest BCUT2D eigenvalue weighted by atomic mass is 10.1. The highest BCUT2D eigenvalue weighted by Gasteiger charge is 2.30. The molecule has 0 radical (unpaired) electrons. The Bertz CT molecular complexity index is 310. The van der Waals surface area contributed by atoms with Crippen LogP contribution in [0.25, 0.3) is 0 Å². The summed E-state index contributed by atoms with van der Waals surface area (Å²) in [5, 5.41) is 0. The Morgan fingerprint density at radius 1 is 1.47 bits per heavy atom. The standard InChI is InChI=1S/C9H11F3N2O/c1-15-8-3-2-6(5-14-8)7(13)4-9(10,11)12/h2-3,5,7H,4,13H2,1H3/t7-/m0/s1. The summed E-state index contributed by atoms with van der Waals surface area (Å²) in [5.41, 5.74) is 5.71. The Balaban J connectivity index is 2.70. The summed E-state index contributed by atoms with van der Waals surface area (Å²) < 4.78 is 40.8. The van der Waals surface area contributed by atoms with Crippen LogP contribution in [0.15, 0.2) is 18.3 Å². The van der Waals surface area contributed by atoms with Gasteiger partial charge in [-0.2, -0.15) is 13.2 Å². The first kappa shape index (κ1) is 11.8. The molecular formula is C9H11F3N2O. The molecule has 6 heteroatoms. The second-order valence-corrected chi connectivity index (χ2v) is 3.06. The first-order valence-corrected chi connectivity index (χ1v) is 4.24. The summed E-state index contributed by atoms with van der Waals surface area (Å²) in [5.74, 6) is 0.345. The lowest BCUT2D eigenvalue weighted by Gasteiger charge is -2.14. The van der Waals surface area contributed by atoms with Crippen LogP contribution in [-0.4, -0.2) is 18.3 Å². The molecule has 84 valence electrons. The maximum absolute atomic E-state index is 12.0. The average molecular weight is 220 g/mol. The molecule has 0 aliphatic rings. The van der Waals surface area contributed by atoms with Crippen LogP contribution in [-0.2, 0) is 0 Å². The van der Waals surface area contributed by atoms with E-state index in [1.807, 2.05) is 0 Å². The molecule has 2 N–H and O–H groups in total. The fraction of sp³-hybridized carbons (Fsp3) is 0.444. The number of nitrogens with two attached hydrogens (primary N) is 1. The maximum Gasteiger partial charge on any atom is 0.390 e. The first-order chi connectivity index (χ1) is 6.92. The number of alkyl halides is 3. The van der Waals surface area contributed by atoms with Crippen molar-refractivity contribution in [2.75, 3.05) is 7.11 Å². The van der Waals surface area contributed by atoms with Gasteiger partial charge in [0.2, 0.25) is 5.88 Å². The van der Waals surface area contributed by atoms with E-state index in [0.717, 1.165) is 0 Å². The van der Waals surface area contributed by atoms with E-state index in [-0.39, 0.29) is 0 Å². The van der Waals surface area contributed by atoms with Crippen molar-refractivity contribution in [3.63, 3.8) is 0 Å². The summed E-state index contributed by atoms with van der Waals surface area (Å²) in [4.78, 5) is 3.78. The Morgan fingerprint density at radius 2 is 2.13 bits per heavy atom. The van der Waals surface area contributed by atoms with Crippen LogP contribution in [0.2, 0.25) is 0 Å². The van der Waals surface area contributed by atoms with Gasteiger partial charge in [-0.15, -0.1) is 0 Å². The highest BCUT2D eigenvalue weighted by Crippen LogP contribution is 2.27. The lowest BCUT2D eigenvalue weighted by molar-refractivity contribution is -0.138. The van der Waals surface area contributed by atoms with E-state index in [1.54, 1.807) is 0 Å². The predicted molar refractivity (Wildman–Crippen MR) is 48.4 cm³/mol. The highest BCUT2D eigenvalue weighted by atomic mass is 19.4. The van der Waals surface area contributed by atoms with Crippen LogP contribution >= 0.6 is 0 Å². The molecule has 0 aliphatic carbocycles. The smallest absolute Gasteiger partial charge is 0.390 e. The summed E-state index contributed by atoms with van der Waals surface area (Å²) in [7, 11) is 1.43. The Kier molecular flexibility index (Phi) is 3.52. The second-order valence-electron chi connectivity index (χ2n) is 3.06. The van der Waals surface area contributed by atoms with Gasteiger partial charge >= 0.3 is 6.18 Å². The molecule has 1 aromatic heterocycles. The van der Waals surface area contributed by atoms with E-state index < -0.39 is 18.6 Å². The SMILES string of the molecule is COc1ccc([C@@H](N)CC(F)(F)F)cn1. The van der Waals surface area contributed by atoms with E-state index in [1.165, 1.54) is 25.4 Å². The van der Waals surface area contributed by atoms with Crippen molar-refractivity contribution in [1.82, 2.24) is 4.98 Å². The predicted octanol–water partition coefficient (Wildman–Crippen LogP) is 2.04. The summed E-state index contributed by atoms with van der Waals surface area (Å²) in [6.45, 7) is 0. The Hall–Kier alpha value is -1.30. The third kappa shape index (κ3) is 3.75. The largest absolute Gasteiger partial charge is 0.481 e. The minimum absolute atomic E-state index is 0.341. The highest BCUT2D eigenvalue weighted by molar-refractivity contribution is 5.20. The van der Waals surface area contributed by atoms with E-state index >= 15 is 0 Å². The molecule has 0 bridgehead atoms. The molecule has 3 nitrogen and oxygen atoms in total. The fourth-order valence-corrected chi connectivity index (χ4v) is 1.10. The maximum atomic E-state index is 12.0. The molecule has 0 aliphatic heterocycles. The number of nitrogens with zero attached hydrogens (tertiary/aromatic N) is 1. The minimum Gasteiger partial charge on any atom is -0.481 e. The van der Waals surface area contributed by atoms with Gasteiger partial charge in [-0.25, -0.2) is 4.98 Å². The van der Waals surface area contributed by atoms with E-state index in [9.17, 15) is 13.2 Å². The number of rotatable bonds is 3. The van der Waals surface area contributed by atoms with E-state index in [4.69, 9.17) is 10.5 Å². The van der Waals surface area contributed by atoms with Gasteiger partial charge in [-0.05, 0) is 5.56 Å². The molecule has 0 aromatic carbocycles. The fourth-order valence-electron chi connectivity index (χ4n) is 1.10. The number of pyridine rings is 1. The molecule has 0 spiro atoms. The molecule has 1 aromatic rings. The number of ether oxygens (including phenoxy) is 1. The van der Waals surface area contributed by atoms with Crippen LogP contribution in [0.3, 0.4) is 0 Å². The van der Waals surface area contributed by atoms with Gasteiger partial charge < -0.3 is 10.5 Å². The molecular weight excluding hydrogens is 209 g/mol. The van der Waals surface area contributed by atoms with Crippen molar-refractivity contribution in [3.8, 4) is 5.88 Å². The summed E-state index contributed by atoms with van der Waals surface area (Å²) in [6, 6.07) is 1.87. The summed E-state index contributed by atoms with van der Waals surface area (Å²) in [6.07, 6.45) is -4.03. The zero-order valence-corrected chi connectivity index (χ0v) is 8.08. The molecule has 0 saturated carbocycles.